The van der Waals surface area contributed by atoms with Crippen LogP contribution in [0.5, 0.6) is 0 Å². The molecule has 2 aromatic rings. The number of H-pyrrole nitrogens is 1. The fraction of sp³-hybridized carbons (Fsp3) is 0.500. The molecule has 0 amide bonds. The van der Waals surface area contributed by atoms with Gasteiger partial charge in [-0.1, -0.05) is 0 Å². The molecule has 90 valence electrons. The van der Waals surface area contributed by atoms with Crippen LogP contribution in [-0.2, 0) is 13.5 Å². The molecule has 0 saturated carbocycles. The predicted octanol–water partition coefficient (Wildman–Crippen LogP) is 0.962. The van der Waals surface area contributed by atoms with Crippen LogP contribution in [0.2, 0.25) is 0 Å². The quantitative estimate of drug-likeness (QED) is 0.827. The Labute approximate surface area is 100 Å². The minimum atomic E-state index is 0.723. The van der Waals surface area contributed by atoms with Crippen molar-refractivity contribution in [2.75, 3.05) is 13.1 Å². The molecule has 1 aliphatic rings. The molecule has 1 unspecified atom stereocenters. The van der Waals surface area contributed by atoms with E-state index in [0.717, 1.165) is 42.6 Å². The molecule has 1 aliphatic heterocycles. The third-order valence-corrected chi connectivity index (χ3v) is 3.37. The van der Waals surface area contributed by atoms with Gasteiger partial charge >= 0.3 is 0 Å². The Morgan fingerprint density at radius 2 is 2.47 bits per heavy atom. The van der Waals surface area contributed by atoms with Crippen molar-refractivity contribution < 1.29 is 0 Å². The average Bonchev–Trinajstić information content (AvgIpc) is 3.00. The molecule has 5 nitrogen and oxygen atoms in total. The molecule has 0 bridgehead atoms. The van der Waals surface area contributed by atoms with E-state index < -0.39 is 0 Å². The summed E-state index contributed by atoms with van der Waals surface area (Å²) in [5.41, 5.74) is 2.12. The van der Waals surface area contributed by atoms with Gasteiger partial charge in [0.2, 0.25) is 0 Å². The lowest BCUT2D eigenvalue weighted by Crippen LogP contribution is -2.11. The van der Waals surface area contributed by atoms with E-state index in [1.165, 1.54) is 6.42 Å². The number of nitrogens with one attached hydrogen (secondary N) is 2. The highest BCUT2D eigenvalue weighted by molar-refractivity contribution is 5.53. The molecule has 3 rings (SSSR count). The van der Waals surface area contributed by atoms with E-state index >= 15 is 0 Å². The Hall–Kier alpha value is -1.62. The van der Waals surface area contributed by atoms with Crippen LogP contribution >= 0.6 is 0 Å². The molecule has 0 spiro atoms. The molecule has 1 fully saturated rings. The molecule has 5 heteroatoms. The number of hydrogen-bond acceptors (Lipinski definition) is 3. The number of rotatable bonds is 3. The monoisotopic (exact) mass is 231 g/mol. The highest BCUT2D eigenvalue weighted by atomic mass is 15.3. The third kappa shape index (κ3) is 2.10. The van der Waals surface area contributed by atoms with E-state index in [4.69, 9.17) is 0 Å². The molecule has 17 heavy (non-hydrogen) atoms. The second kappa shape index (κ2) is 4.33. The highest BCUT2D eigenvalue weighted by Gasteiger charge is 2.16. The molecule has 0 aliphatic carbocycles. The van der Waals surface area contributed by atoms with Gasteiger partial charge in [0.25, 0.3) is 0 Å². The van der Waals surface area contributed by atoms with Crippen LogP contribution in [0.25, 0.3) is 11.4 Å². The second-order valence-electron chi connectivity index (χ2n) is 4.65. The van der Waals surface area contributed by atoms with Crippen molar-refractivity contribution in [2.24, 2.45) is 13.0 Å². The number of nitrogens with zero attached hydrogens (tertiary/aromatic N) is 3. The maximum Gasteiger partial charge on any atom is 0.106 e. The molecule has 1 atom stereocenters. The summed E-state index contributed by atoms with van der Waals surface area (Å²) in [6, 6.07) is 1.99. The number of aromatic nitrogens is 4. The lowest BCUT2D eigenvalue weighted by atomic mass is 10.1. The van der Waals surface area contributed by atoms with Crippen LogP contribution in [0.3, 0.4) is 0 Å². The van der Waals surface area contributed by atoms with Crippen LogP contribution in [0, 0.1) is 5.92 Å². The van der Waals surface area contributed by atoms with Crippen molar-refractivity contribution in [3.63, 3.8) is 0 Å². The fourth-order valence-corrected chi connectivity index (χ4v) is 2.40. The zero-order valence-corrected chi connectivity index (χ0v) is 9.98. The zero-order chi connectivity index (χ0) is 11.7. The van der Waals surface area contributed by atoms with Gasteiger partial charge in [0.15, 0.2) is 0 Å². The van der Waals surface area contributed by atoms with Gasteiger partial charge in [-0.3, -0.25) is 4.68 Å². The first-order chi connectivity index (χ1) is 8.33. The Balaban J connectivity index is 1.76. The predicted molar refractivity (Wildman–Crippen MR) is 65.5 cm³/mol. The number of aromatic amines is 1. The molecule has 0 aromatic carbocycles. The van der Waals surface area contributed by atoms with Gasteiger partial charge in [0.05, 0.1) is 17.6 Å². The summed E-state index contributed by atoms with van der Waals surface area (Å²) in [5.74, 6) is 1.80. The Bertz CT molecular complexity index is 492. The van der Waals surface area contributed by atoms with E-state index in [1.54, 1.807) is 6.20 Å². The van der Waals surface area contributed by atoms with Crippen molar-refractivity contribution in [3.05, 3.63) is 24.3 Å². The van der Waals surface area contributed by atoms with Crippen molar-refractivity contribution in [1.29, 1.82) is 0 Å². The lowest BCUT2D eigenvalue weighted by Gasteiger charge is -2.04. The standard InChI is InChI=1S/C12H17N5/c1-17-11(3-5-15-17)10-8-14-12(16-10)6-9-2-4-13-7-9/h3,5,8-9,13H,2,4,6-7H2,1H3,(H,14,16). The lowest BCUT2D eigenvalue weighted by molar-refractivity contribution is 0.565. The summed E-state index contributed by atoms with van der Waals surface area (Å²) in [4.78, 5) is 7.84. The first kappa shape index (κ1) is 10.5. The molecule has 0 radical (unpaired) electrons. The maximum absolute atomic E-state index is 4.45. The first-order valence-electron chi connectivity index (χ1n) is 6.06. The topological polar surface area (TPSA) is 58.5 Å². The van der Waals surface area contributed by atoms with Crippen molar-refractivity contribution >= 4 is 0 Å². The Kier molecular flexibility index (Phi) is 2.68. The highest BCUT2D eigenvalue weighted by Crippen LogP contribution is 2.18. The molecule has 2 aromatic heterocycles. The van der Waals surface area contributed by atoms with E-state index in [2.05, 4.69) is 20.4 Å². The average molecular weight is 231 g/mol. The van der Waals surface area contributed by atoms with Crippen LogP contribution < -0.4 is 5.32 Å². The van der Waals surface area contributed by atoms with Crippen LogP contribution in [-0.4, -0.2) is 32.8 Å². The minimum absolute atomic E-state index is 0.723. The first-order valence-corrected chi connectivity index (χ1v) is 6.06. The van der Waals surface area contributed by atoms with Crippen molar-refractivity contribution in [2.45, 2.75) is 12.8 Å². The van der Waals surface area contributed by atoms with Gasteiger partial charge < -0.3 is 10.3 Å². The van der Waals surface area contributed by atoms with E-state index in [9.17, 15) is 0 Å². The van der Waals surface area contributed by atoms with Crippen molar-refractivity contribution in [3.8, 4) is 11.4 Å². The summed E-state index contributed by atoms with van der Waals surface area (Å²) in [6.07, 6.45) is 5.98. The van der Waals surface area contributed by atoms with E-state index in [-0.39, 0.29) is 0 Å². The van der Waals surface area contributed by atoms with Crippen LogP contribution in [0.15, 0.2) is 18.5 Å². The SMILES string of the molecule is Cn1nccc1-c1cnc(CC2CCNC2)[nH]1. The summed E-state index contributed by atoms with van der Waals surface area (Å²) in [6.45, 7) is 2.25. The van der Waals surface area contributed by atoms with Gasteiger partial charge in [-0.2, -0.15) is 5.10 Å². The number of imidazole rings is 1. The van der Waals surface area contributed by atoms with E-state index in [0.29, 0.717) is 0 Å². The smallest absolute Gasteiger partial charge is 0.106 e. The summed E-state index contributed by atoms with van der Waals surface area (Å²) in [5, 5.41) is 7.54. The van der Waals surface area contributed by atoms with Gasteiger partial charge in [-0.05, 0) is 31.5 Å². The molecular weight excluding hydrogens is 214 g/mol. The number of aryl methyl sites for hydroxylation is 1. The summed E-state index contributed by atoms with van der Waals surface area (Å²) in [7, 11) is 1.94. The fourth-order valence-electron chi connectivity index (χ4n) is 2.40. The largest absolute Gasteiger partial charge is 0.341 e. The number of hydrogen-bond donors (Lipinski definition) is 2. The van der Waals surface area contributed by atoms with Gasteiger partial charge in [-0.25, -0.2) is 4.98 Å². The van der Waals surface area contributed by atoms with Gasteiger partial charge in [0.1, 0.15) is 5.82 Å². The molecular formula is C12H17N5. The second-order valence-corrected chi connectivity index (χ2v) is 4.65. The molecule has 1 saturated heterocycles. The van der Waals surface area contributed by atoms with Gasteiger partial charge in [-0.15, -0.1) is 0 Å². The Morgan fingerprint density at radius 3 is 3.18 bits per heavy atom. The molecule has 3 heterocycles. The van der Waals surface area contributed by atoms with E-state index in [1.807, 2.05) is 24.0 Å². The maximum atomic E-state index is 4.45. The zero-order valence-electron chi connectivity index (χ0n) is 9.98. The summed E-state index contributed by atoms with van der Waals surface area (Å²) >= 11 is 0. The minimum Gasteiger partial charge on any atom is -0.341 e. The normalized spacial score (nSPS) is 19.9. The Morgan fingerprint density at radius 1 is 1.53 bits per heavy atom. The summed E-state index contributed by atoms with van der Waals surface area (Å²) < 4.78 is 1.86. The molecule has 2 N–H and O–H groups in total. The van der Waals surface area contributed by atoms with Gasteiger partial charge in [0, 0.05) is 19.7 Å². The van der Waals surface area contributed by atoms with Crippen molar-refractivity contribution in [1.82, 2.24) is 25.1 Å². The van der Waals surface area contributed by atoms with Crippen LogP contribution in [0.1, 0.15) is 12.2 Å². The third-order valence-electron chi connectivity index (χ3n) is 3.37. The van der Waals surface area contributed by atoms with Crippen LogP contribution in [0.4, 0.5) is 0 Å².